The van der Waals surface area contributed by atoms with Crippen LogP contribution in [0.25, 0.3) is 11.1 Å². The van der Waals surface area contributed by atoms with E-state index in [9.17, 15) is 0 Å². The van der Waals surface area contributed by atoms with Crippen LogP contribution in [0.4, 0.5) is 0 Å². The second-order valence-corrected chi connectivity index (χ2v) is 4.66. The second kappa shape index (κ2) is 4.28. The topological polar surface area (TPSA) is 25.8 Å². The average Bonchev–Trinajstić information content (AvgIpc) is 2.22. The van der Waals surface area contributed by atoms with Crippen molar-refractivity contribution in [3.63, 3.8) is 0 Å². The fourth-order valence-corrected chi connectivity index (χ4v) is 2.18. The van der Waals surface area contributed by atoms with Crippen LogP contribution in [0.5, 0.6) is 0 Å². The molecule has 0 aromatic carbocycles. The van der Waals surface area contributed by atoms with E-state index in [2.05, 4.69) is 42.0 Å². The van der Waals surface area contributed by atoms with Gasteiger partial charge in [0.2, 0.25) is 0 Å². The van der Waals surface area contributed by atoms with E-state index in [1.807, 2.05) is 20.8 Å². The molecule has 17 heavy (non-hydrogen) atoms. The Kier molecular flexibility index (Phi) is 2.97. The van der Waals surface area contributed by atoms with Crippen LogP contribution in [-0.4, -0.2) is 9.97 Å². The first kappa shape index (κ1) is 11.8. The van der Waals surface area contributed by atoms with Crippen LogP contribution in [-0.2, 0) is 0 Å². The van der Waals surface area contributed by atoms with Gasteiger partial charge in [0.25, 0.3) is 0 Å². The second-order valence-electron chi connectivity index (χ2n) is 4.66. The summed E-state index contributed by atoms with van der Waals surface area (Å²) in [6.07, 6.45) is 0. The van der Waals surface area contributed by atoms with Gasteiger partial charge < -0.3 is 0 Å². The number of aromatic nitrogens is 2. The molecular weight excluding hydrogens is 208 g/mol. The molecule has 2 heterocycles. The molecule has 0 amide bonds. The zero-order valence-corrected chi connectivity index (χ0v) is 11.1. The van der Waals surface area contributed by atoms with Crippen molar-refractivity contribution < 1.29 is 0 Å². The number of pyridine rings is 2. The van der Waals surface area contributed by atoms with Gasteiger partial charge in [0, 0.05) is 22.8 Å². The summed E-state index contributed by atoms with van der Waals surface area (Å²) in [7, 11) is 0. The standard InChI is InChI=1S/C15H18N2/c1-9-6-14(7-10(2)16-9)15-8-11(3)17-13(5)12(15)4/h6-8H,1-5H3. The van der Waals surface area contributed by atoms with Crippen LogP contribution in [0.2, 0.25) is 0 Å². The van der Waals surface area contributed by atoms with Gasteiger partial charge in [0.05, 0.1) is 0 Å². The monoisotopic (exact) mass is 226 g/mol. The Hall–Kier alpha value is -1.70. The predicted octanol–water partition coefficient (Wildman–Crippen LogP) is 3.69. The van der Waals surface area contributed by atoms with Crippen LogP contribution in [0, 0.1) is 34.6 Å². The minimum Gasteiger partial charge on any atom is -0.258 e. The summed E-state index contributed by atoms with van der Waals surface area (Å²) in [5, 5.41) is 0. The molecule has 0 aliphatic rings. The first-order chi connectivity index (χ1) is 7.97. The average molecular weight is 226 g/mol. The van der Waals surface area contributed by atoms with Crippen molar-refractivity contribution in [2.45, 2.75) is 34.6 Å². The highest BCUT2D eigenvalue weighted by molar-refractivity contribution is 5.68. The molecule has 0 unspecified atom stereocenters. The SMILES string of the molecule is Cc1cc(-c2cc(C)nc(C)c2C)cc(C)n1. The Balaban J connectivity index is 2.67. The van der Waals surface area contributed by atoms with Gasteiger partial charge in [-0.15, -0.1) is 0 Å². The number of rotatable bonds is 1. The molecule has 0 spiro atoms. The third kappa shape index (κ3) is 2.36. The summed E-state index contributed by atoms with van der Waals surface area (Å²) in [5.74, 6) is 0. The molecule has 2 heteroatoms. The molecule has 2 nitrogen and oxygen atoms in total. The summed E-state index contributed by atoms with van der Waals surface area (Å²) in [5.41, 5.74) is 8.05. The first-order valence-electron chi connectivity index (χ1n) is 5.88. The van der Waals surface area contributed by atoms with Gasteiger partial charge in [0.1, 0.15) is 0 Å². The van der Waals surface area contributed by atoms with E-state index in [0.29, 0.717) is 0 Å². The van der Waals surface area contributed by atoms with E-state index in [0.717, 1.165) is 22.8 Å². The molecule has 0 N–H and O–H groups in total. The Morgan fingerprint density at radius 3 is 1.82 bits per heavy atom. The van der Waals surface area contributed by atoms with Crippen molar-refractivity contribution >= 4 is 0 Å². The predicted molar refractivity (Wildman–Crippen MR) is 71.2 cm³/mol. The Labute approximate surface area is 103 Å². The van der Waals surface area contributed by atoms with Crippen LogP contribution in [0.3, 0.4) is 0 Å². The Morgan fingerprint density at radius 2 is 1.24 bits per heavy atom. The highest BCUT2D eigenvalue weighted by Gasteiger charge is 2.07. The molecule has 2 rings (SSSR count). The zero-order valence-electron chi connectivity index (χ0n) is 11.1. The third-order valence-electron chi connectivity index (χ3n) is 3.04. The van der Waals surface area contributed by atoms with Crippen LogP contribution < -0.4 is 0 Å². The maximum Gasteiger partial charge on any atom is 0.0411 e. The van der Waals surface area contributed by atoms with Crippen molar-refractivity contribution in [2.24, 2.45) is 0 Å². The minimum atomic E-state index is 1.06. The van der Waals surface area contributed by atoms with Crippen molar-refractivity contribution in [3.05, 3.63) is 46.5 Å². The summed E-state index contributed by atoms with van der Waals surface area (Å²) >= 11 is 0. The van der Waals surface area contributed by atoms with E-state index in [1.54, 1.807) is 0 Å². The maximum atomic E-state index is 4.49. The third-order valence-corrected chi connectivity index (χ3v) is 3.04. The molecule has 0 radical (unpaired) electrons. The lowest BCUT2D eigenvalue weighted by Crippen LogP contribution is -1.96. The molecule has 0 bridgehead atoms. The number of hydrogen-bond donors (Lipinski definition) is 0. The summed E-state index contributed by atoms with van der Waals surface area (Å²) in [6.45, 7) is 10.3. The lowest BCUT2D eigenvalue weighted by atomic mass is 9.99. The number of aryl methyl sites for hydroxylation is 4. The molecule has 2 aromatic rings. The van der Waals surface area contributed by atoms with Gasteiger partial charge in [-0.05, 0) is 69.5 Å². The van der Waals surface area contributed by atoms with Crippen LogP contribution in [0.1, 0.15) is 28.3 Å². The Morgan fingerprint density at radius 1 is 0.706 bits per heavy atom. The molecule has 0 saturated carbocycles. The van der Waals surface area contributed by atoms with Gasteiger partial charge in [-0.2, -0.15) is 0 Å². The molecule has 2 aromatic heterocycles. The fraction of sp³-hybridized carbons (Fsp3) is 0.333. The first-order valence-corrected chi connectivity index (χ1v) is 5.88. The molecular formula is C15H18N2. The molecule has 0 aliphatic carbocycles. The summed E-state index contributed by atoms with van der Waals surface area (Å²) in [4.78, 5) is 8.91. The van der Waals surface area contributed by atoms with Gasteiger partial charge in [-0.25, -0.2) is 0 Å². The smallest absolute Gasteiger partial charge is 0.0411 e. The van der Waals surface area contributed by atoms with E-state index in [-0.39, 0.29) is 0 Å². The normalized spacial score (nSPS) is 10.6. The number of hydrogen-bond acceptors (Lipinski definition) is 2. The van der Waals surface area contributed by atoms with Gasteiger partial charge in [0.15, 0.2) is 0 Å². The summed E-state index contributed by atoms with van der Waals surface area (Å²) in [6, 6.07) is 6.42. The zero-order chi connectivity index (χ0) is 12.6. The molecule has 0 saturated heterocycles. The van der Waals surface area contributed by atoms with E-state index in [1.165, 1.54) is 16.7 Å². The van der Waals surface area contributed by atoms with Crippen LogP contribution in [0.15, 0.2) is 18.2 Å². The fourth-order valence-electron chi connectivity index (χ4n) is 2.18. The highest BCUT2D eigenvalue weighted by Crippen LogP contribution is 2.26. The molecule has 0 fully saturated rings. The highest BCUT2D eigenvalue weighted by atomic mass is 14.7. The van der Waals surface area contributed by atoms with Crippen molar-refractivity contribution in [1.82, 2.24) is 9.97 Å². The summed E-state index contributed by atoms with van der Waals surface area (Å²) < 4.78 is 0. The quantitative estimate of drug-likeness (QED) is 0.741. The van der Waals surface area contributed by atoms with E-state index < -0.39 is 0 Å². The lowest BCUT2D eigenvalue weighted by Gasteiger charge is -2.11. The van der Waals surface area contributed by atoms with E-state index in [4.69, 9.17) is 0 Å². The lowest BCUT2D eigenvalue weighted by molar-refractivity contribution is 1.08. The number of nitrogens with zero attached hydrogens (tertiary/aromatic N) is 2. The van der Waals surface area contributed by atoms with Gasteiger partial charge in [-0.3, -0.25) is 9.97 Å². The van der Waals surface area contributed by atoms with E-state index >= 15 is 0 Å². The van der Waals surface area contributed by atoms with Crippen molar-refractivity contribution in [2.75, 3.05) is 0 Å². The van der Waals surface area contributed by atoms with Crippen molar-refractivity contribution in [3.8, 4) is 11.1 Å². The van der Waals surface area contributed by atoms with Crippen molar-refractivity contribution in [1.29, 1.82) is 0 Å². The maximum absolute atomic E-state index is 4.49. The van der Waals surface area contributed by atoms with Gasteiger partial charge in [-0.1, -0.05) is 0 Å². The molecule has 88 valence electrons. The van der Waals surface area contributed by atoms with Gasteiger partial charge >= 0.3 is 0 Å². The minimum absolute atomic E-state index is 1.06. The van der Waals surface area contributed by atoms with Crippen LogP contribution >= 0.6 is 0 Å². The largest absolute Gasteiger partial charge is 0.258 e. The molecule has 0 atom stereocenters. The Bertz CT molecular complexity index is 551. The molecule has 0 aliphatic heterocycles.